The Kier molecular flexibility index (Phi) is 15.5. The zero-order valence-corrected chi connectivity index (χ0v) is 28.2. The fraction of sp³-hybridized carbons (Fsp3) is 0. The summed E-state index contributed by atoms with van der Waals surface area (Å²) in [5, 5.41) is 0. The van der Waals surface area contributed by atoms with Gasteiger partial charge in [-0.25, -0.2) is 9.97 Å². The quantitative estimate of drug-likeness (QED) is 0.121. The second-order valence-corrected chi connectivity index (χ2v) is 10.2. The third-order valence-corrected chi connectivity index (χ3v) is 6.47. The van der Waals surface area contributed by atoms with Gasteiger partial charge in [0.25, 0.3) is 0 Å². The van der Waals surface area contributed by atoms with Gasteiger partial charge in [0, 0.05) is 42.5 Å². The van der Waals surface area contributed by atoms with Crippen LogP contribution in [0.4, 0.5) is 0 Å². The van der Waals surface area contributed by atoms with Crippen LogP contribution in [0.1, 0.15) is 22.8 Å². The van der Waals surface area contributed by atoms with Crippen LogP contribution in [-0.2, 0) is 20.4 Å². The minimum Gasteiger partial charge on any atom is -0.355 e. The summed E-state index contributed by atoms with van der Waals surface area (Å²) < 4.78 is 0. The molecular formula is C44H34N4Pd-4. The molecule has 0 saturated carbocycles. The molecule has 0 atom stereocenters. The fourth-order valence-corrected chi connectivity index (χ4v) is 4.31. The molecule has 0 saturated heterocycles. The predicted molar refractivity (Wildman–Crippen MR) is 200 cm³/mol. The molecule has 9 rings (SSSR count). The molecule has 2 aliphatic heterocycles. The molecular weight excluding hydrogens is 691 g/mol. The monoisotopic (exact) mass is 724 g/mol. The maximum Gasteiger partial charge on any atom is 0.0659 e. The van der Waals surface area contributed by atoms with Crippen molar-refractivity contribution >= 4 is 46.4 Å². The first kappa shape index (κ1) is 36.0. The minimum absolute atomic E-state index is 0. The molecule has 49 heavy (non-hydrogen) atoms. The van der Waals surface area contributed by atoms with E-state index < -0.39 is 0 Å². The first-order chi connectivity index (χ1) is 23.8. The van der Waals surface area contributed by atoms with Gasteiger partial charge < -0.3 is 9.97 Å². The van der Waals surface area contributed by atoms with Gasteiger partial charge in [-0.1, -0.05) is 0 Å². The number of hydrogen-bond donors (Lipinski definition) is 2. The van der Waals surface area contributed by atoms with Crippen LogP contribution in [0.2, 0.25) is 0 Å². The Morgan fingerprint density at radius 2 is 0.592 bits per heavy atom. The van der Waals surface area contributed by atoms with Gasteiger partial charge in [0.1, 0.15) is 0 Å². The molecule has 0 fully saturated rings. The van der Waals surface area contributed by atoms with Gasteiger partial charge in [-0.05, 0) is 72.8 Å². The molecule has 0 aliphatic carbocycles. The van der Waals surface area contributed by atoms with Crippen LogP contribution in [0.5, 0.6) is 0 Å². The number of aromatic nitrogens is 4. The molecule has 0 radical (unpaired) electrons. The zero-order valence-electron chi connectivity index (χ0n) is 26.7. The molecule has 7 aromatic rings. The van der Waals surface area contributed by atoms with Crippen LogP contribution >= 0.6 is 0 Å². The average molecular weight is 725 g/mol. The van der Waals surface area contributed by atoms with Crippen molar-refractivity contribution in [2.24, 2.45) is 0 Å². The number of rotatable bonds is 0. The van der Waals surface area contributed by atoms with E-state index in [0.717, 1.165) is 44.8 Å². The van der Waals surface area contributed by atoms with Crippen LogP contribution in [-0.4, -0.2) is 19.9 Å². The number of nitrogens with one attached hydrogen (secondary N) is 2. The van der Waals surface area contributed by atoms with E-state index in [1.165, 1.54) is 0 Å². The SMILES string of the molecule is C1=Cc2cc3ccc(cc4ccc(cc5nc(cc1n2)C=C5)[nH]4)[nH]3.[Pd].[c-]1ccccc1.[c-]1ccccc1.[c-]1ccccc1.[c-]1ccccc1. The van der Waals surface area contributed by atoms with Crippen LogP contribution < -0.4 is 0 Å². The molecule has 3 aromatic heterocycles. The van der Waals surface area contributed by atoms with Crippen LogP contribution in [0.15, 0.2) is 170 Å². The largest absolute Gasteiger partial charge is 0.355 e. The number of fused-ring (bicyclic) bond motifs is 8. The Morgan fingerprint density at radius 1 is 0.327 bits per heavy atom. The molecule has 2 N–H and O–H groups in total. The van der Waals surface area contributed by atoms with Crippen molar-refractivity contribution in [2.75, 3.05) is 0 Å². The summed E-state index contributed by atoms with van der Waals surface area (Å²) in [5.74, 6) is 0. The van der Waals surface area contributed by atoms with E-state index in [4.69, 9.17) is 0 Å². The summed E-state index contributed by atoms with van der Waals surface area (Å²) in [7, 11) is 0. The summed E-state index contributed by atoms with van der Waals surface area (Å²) >= 11 is 0. The molecule has 0 unspecified atom stereocenters. The molecule has 5 heteroatoms. The molecule has 4 nitrogen and oxygen atoms in total. The van der Waals surface area contributed by atoms with Crippen LogP contribution in [0, 0.1) is 24.3 Å². The van der Waals surface area contributed by atoms with Gasteiger partial charge in [-0.2, -0.15) is 146 Å². The van der Waals surface area contributed by atoms with E-state index in [0.29, 0.717) is 0 Å². The van der Waals surface area contributed by atoms with E-state index in [1.807, 2.05) is 164 Å². The number of benzene rings is 4. The van der Waals surface area contributed by atoms with Gasteiger partial charge >= 0.3 is 0 Å². The Bertz CT molecular complexity index is 1800. The number of H-pyrrole nitrogens is 2. The molecule has 4 aromatic carbocycles. The maximum absolute atomic E-state index is 4.62. The minimum atomic E-state index is 0. The molecule has 244 valence electrons. The number of aromatic amines is 2. The first-order valence-electron chi connectivity index (χ1n) is 15.5. The predicted octanol–water partition coefficient (Wildman–Crippen LogP) is 10.6. The molecule has 5 heterocycles. The van der Waals surface area contributed by atoms with E-state index in [-0.39, 0.29) is 20.4 Å². The van der Waals surface area contributed by atoms with Gasteiger partial charge in [0.2, 0.25) is 0 Å². The maximum atomic E-state index is 4.62. The summed E-state index contributed by atoms with van der Waals surface area (Å²) in [5.41, 5.74) is 7.86. The molecule has 8 bridgehead atoms. The molecule has 0 spiro atoms. The normalized spacial score (nSPS) is 10.1. The first-order valence-corrected chi connectivity index (χ1v) is 15.5. The summed E-state index contributed by atoms with van der Waals surface area (Å²) in [4.78, 5) is 16.0. The second kappa shape index (κ2) is 21.1. The summed E-state index contributed by atoms with van der Waals surface area (Å²) in [6, 6.07) is 66.4. The Labute approximate surface area is 302 Å². The van der Waals surface area contributed by atoms with Crippen molar-refractivity contribution in [2.45, 2.75) is 0 Å². The molecule has 0 amide bonds. The third-order valence-electron chi connectivity index (χ3n) is 6.47. The van der Waals surface area contributed by atoms with Crippen LogP contribution in [0.3, 0.4) is 0 Å². The Morgan fingerprint density at radius 3 is 0.837 bits per heavy atom. The van der Waals surface area contributed by atoms with E-state index in [9.17, 15) is 0 Å². The number of hydrogen-bond acceptors (Lipinski definition) is 2. The van der Waals surface area contributed by atoms with Crippen molar-refractivity contribution in [1.29, 1.82) is 0 Å². The Hall–Kier alpha value is -5.86. The van der Waals surface area contributed by atoms with Crippen LogP contribution in [0.25, 0.3) is 46.4 Å². The molecule has 2 aliphatic rings. The van der Waals surface area contributed by atoms with Gasteiger partial charge in [0.05, 0.1) is 22.8 Å². The Balaban J connectivity index is 0.000000175. The van der Waals surface area contributed by atoms with Crippen molar-refractivity contribution in [3.05, 3.63) is 217 Å². The smallest absolute Gasteiger partial charge is 0.0659 e. The van der Waals surface area contributed by atoms with E-state index >= 15 is 0 Å². The van der Waals surface area contributed by atoms with Gasteiger partial charge in [-0.3, -0.25) is 0 Å². The summed E-state index contributed by atoms with van der Waals surface area (Å²) in [6.45, 7) is 0. The topological polar surface area (TPSA) is 57.4 Å². The third kappa shape index (κ3) is 13.8. The van der Waals surface area contributed by atoms with Gasteiger partial charge in [0.15, 0.2) is 0 Å². The average Bonchev–Trinajstić information content (AvgIpc) is 4.00. The standard InChI is InChI=1S/C20H14N4.4C6H5.Pd/c1-2-14-10-16-5-6-18(23-16)12-20-8-7-19(24-20)11-17-4-3-15(22-17)9-13(1)21-14;4*1-2-4-6-5-3-1;/h1-12,21-22H;4*1-5H;/q;4*-1;. The van der Waals surface area contributed by atoms with Crippen molar-refractivity contribution in [3.63, 3.8) is 0 Å². The van der Waals surface area contributed by atoms with Crippen molar-refractivity contribution < 1.29 is 20.4 Å². The number of nitrogens with zero attached hydrogens (tertiary/aromatic N) is 2. The second-order valence-electron chi connectivity index (χ2n) is 10.2. The fourth-order valence-electron chi connectivity index (χ4n) is 4.31. The van der Waals surface area contributed by atoms with Gasteiger partial charge in [-0.15, -0.1) is 0 Å². The van der Waals surface area contributed by atoms with Crippen molar-refractivity contribution in [3.8, 4) is 0 Å². The zero-order chi connectivity index (χ0) is 32.9. The van der Waals surface area contributed by atoms with E-state index in [1.54, 1.807) is 0 Å². The van der Waals surface area contributed by atoms with Crippen molar-refractivity contribution in [1.82, 2.24) is 19.9 Å². The summed E-state index contributed by atoms with van der Waals surface area (Å²) in [6.07, 6.45) is 8.05. The van der Waals surface area contributed by atoms with E-state index in [2.05, 4.69) is 74.5 Å².